The van der Waals surface area contributed by atoms with Crippen molar-refractivity contribution in [2.75, 3.05) is 0 Å². The standard InChI is InChI=1S/C12H11F3N2O/c13-12(14,15)7-1-2-9-10(5-7)17-11(16-9)6-3-8(18)4-6/h1-2,5-6,8,18H,3-4H2,(H,16,17). The van der Waals surface area contributed by atoms with Crippen molar-refractivity contribution in [3.63, 3.8) is 0 Å². The predicted octanol–water partition coefficient (Wildman–Crippen LogP) is 2.82. The predicted molar refractivity (Wildman–Crippen MR) is 59.1 cm³/mol. The van der Waals surface area contributed by atoms with E-state index in [2.05, 4.69) is 9.97 Å². The van der Waals surface area contributed by atoms with E-state index in [0.29, 0.717) is 29.7 Å². The molecule has 0 spiro atoms. The maximum absolute atomic E-state index is 12.5. The average molecular weight is 256 g/mol. The zero-order valence-electron chi connectivity index (χ0n) is 9.33. The Bertz CT molecular complexity index is 585. The minimum atomic E-state index is -4.34. The molecule has 1 fully saturated rings. The lowest BCUT2D eigenvalue weighted by atomic mass is 9.82. The molecule has 1 aliphatic carbocycles. The van der Waals surface area contributed by atoms with Gasteiger partial charge >= 0.3 is 6.18 Å². The zero-order chi connectivity index (χ0) is 12.9. The number of aliphatic hydroxyl groups is 1. The molecular formula is C12H11F3N2O. The van der Waals surface area contributed by atoms with E-state index < -0.39 is 11.7 Å². The molecule has 0 bridgehead atoms. The Morgan fingerprint density at radius 1 is 1.28 bits per heavy atom. The Morgan fingerprint density at radius 2 is 2.00 bits per heavy atom. The highest BCUT2D eigenvalue weighted by molar-refractivity contribution is 5.76. The van der Waals surface area contributed by atoms with Crippen LogP contribution >= 0.6 is 0 Å². The number of halogens is 3. The third-order valence-electron chi connectivity index (χ3n) is 3.33. The van der Waals surface area contributed by atoms with E-state index in [9.17, 15) is 18.3 Å². The lowest BCUT2D eigenvalue weighted by Crippen LogP contribution is -2.27. The van der Waals surface area contributed by atoms with Gasteiger partial charge in [0.15, 0.2) is 0 Å². The molecule has 0 aliphatic heterocycles. The van der Waals surface area contributed by atoms with E-state index in [1.807, 2.05) is 0 Å². The van der Waals surface area contributed by atoms with Crippen molar-refractivity contribution in [1.82, 2.24) is 9.97 Å². The molecule has 1 aromatic heterocycles. The molecule has 6 heteroatoms. The van der Waals surface area contributed by atoms with Crippen molar-refractivity contribution in [3.05, 3.63) is 29.6 Å². The van der Waals surface area contributed by atoms with Crippen molar-refractivity contribution in [1.29, 1.82) is 0 Å². The van der Waals surface area contributed by atoms with Crippen LogP contribution in [0.15, 0.2) is 18.2 Å². The Balaban J connectivity index is 1.97. The molecule has 96 valence electrons. The lowest BCUT2D eigenvalue weighted by molar-refractivity contribution is -0.137. The first-order valence-electron chi connectivity index (χ1n) is 5.68. The SMILES string of the molecule is OC1CC(c2nc3ccc(C(F)(F)F)cc3[nH]2)C1. The van der Waals surface area contributed by atoms with Crippen LogP contribution in [-0.4, -0.2) is 21.2 Å². The van der Waals surface area contributed by atoms with E-state index in [4.69, 9.17) is 0 Å². The van der Waals surface area contributed by atoms with Crippen LogP contribution in [0.5, 0.6) is 0 Å². The van der Waals surface area contributed by atoms with Crippen molar-refractivity contribution in [3.8, 4) is 0 Å². The van der Waals surface area contributed by atoms with Gasteiger partial charge in [-0.25, -0.2) is 4.98 Å². The van der Waals surface area contributed by atoms with Crippen LogP contribution in [0.1, 0.15) is 30.1 Å². The van der Waals surface area contributed by atoms with Gasteiger partial charge in [0.05, 0.1) is 22.7 Å². The monoisotopic (exact) mass is 256 g/mol. The van der Waals surface area contributed by atoms with E-state index in [0.717, 1.165) is 12.1 Å². The molecule has 2 N–H and O–H groups in total. The quantitative estimate of drug-likeness (QED) is 0.824. The van der Waals surface area contributed by atoms with Crippen molar-refractivity contribution in [2.45, 2.75) is 31.0 Å². The fourth-order valence-corrected chi connectivity index (χ4v) is 2.21. The van der Waals surface area contributed by atoms with E-state index in [1.54, 1.807) is 0 Å². The summed E-state index contributed by atoms with van der Waals surface area (Å²) < 4.78 is 37.6. The molecule has 2 aromatic rings. The van der Waals surface area contributed by atoms with Gasteiger partial charge in [-0.3, -0.25) is 0 Å². The van der Waals surface area contributed by atoms with Crippen LogP contribution in [0.25, 0.3) is 11.0 Å². The number of aromatic amines is 1. The Hall–Kier alpha value is -1.56. The van der Waals surface area contributed by atoms with Crippen LogP contribution in [-0.2, 0) is 6.18 Å². The molecule has 3 rings (SSSR count). The number of fused-ring (bicyclic) bond motifs is 1. The Kier molecular flexibility index (Phi) is 2.38. The second kappa shape index (κ2) is 3.71. The lowest BCUT2D eigenvalue weighted by Gasteiger charge is -2.29. The molecule has 0 unspecified atom stereocenters. The van der Waals surface area contributed by atoms with Crippen LogP contribution in [0, 0.1) is 0 Å². The average Bonchev–Trinajstić information content (AvgIpc) is 2.65. The highest BCUT2D eigenvalue weighted by atomic mass is 19.4. The van der Waals surface area contributed by atoms with Gasteiger partial charge in [-0.15, -0.1) is 0 Å². The van der Waals surface area contributed by atoms with Crippen LogP contribution in [0.4, 0.5) is 13.2 Å². The number of benzene rings is 1. The first-order valence-corrected chi connectivity index (χ1v) is 5.68. The molecule has 1 aromatic carbocycles. The second-order valence-electron chi connectivity index (χ2n) is 4.67. The van der Waals surface area contributed by atoms with E-state index in [1.165, 1.54) is 6.07 Å². The number of hydrogen-bond acceptors (Lipinski definition) is 2. The molecule has 18 heavy (non-hydrogen) atoms. The van der Waals surface area contributed by atoms with Crippen molar-refractivity contribution >= 4 is 11.0 Å². The summed E-state index contributed by atoms with van der Waals surface area (Å²) in [6.45, 7) is 0. The maximum atomic E-state index is 12.5. The molecule has 0 radical (unpaired) electrons. The number of aromatic nitrogens is 2. The smallest absolute Gasteiger partial charge is 0.393 e. The zero-order valence-corrected chi connectivity index (χ0v) is 9.33. The summed E-state index contributed by atoms with van der Waals surface area (Å²) in [5.74, 6) is 0.788. The van der Waals surface area contributed by atoms with Gasteiger partial charge < -0.3 is 10.1 Å². The highest BCUT2D eigenvalue weighted by Gasteiger charge is 2.32. The third kappa shape index (κ3) is 1.86. The molecular weight excluding hydrogens is 245 g/mol. The first kappa shape index (κ1) is 11.5. The summed E-state index contributed by atoms with van der Waals surface area (Å²) in [6, 6.07) is 3.47. The van der Waals surface area contributed by atoms with Gasteiger partial charge in [0.1, 0.15) is 5.82 Å². The molecule has 0 amide bonds. The molecule has 1 saturated carbocycles. The van der Waals surface area contributed by atoms with Gasteiger partial charge in [0.25, 0.3) is 0 Å². The largest absolute Gasteiger partial charge is 0.416 e. The number of alkyl halides is 3. The summed E-state index contributed by atoms with van der Waals surface area (Å²) in [5, 5.41) is 9.21. The first-order chi connectivity index (χ1) is 8.43. The number of nitrogens with zero attached hydrogens (tertiary/aromatic N) is 1. The summed E-state index contributed by atoms with van der Waals surface area (Å²) >= 11 is 0. The van der Waals surface area contributed by atoms with Crippen molar-refractivity contribution < 1.29 is 18.3 Å². The number of H-pyrrole nitrogens is 1. The van der Waals surface area contributed by atoms with Crippen LogP contribution < -0.4 is 0 Å². The Labute approximate surface area is 101 Å². The second-order valence-corrected chi connectivity index (χ2v) is 4.67. The van der Waals surface area contributed by atoms with Crippen molar-refractivity contribution in [2.24, 2.45) is 0 Å². The summed E-state index contributed by atoms with van der Waals surface area (Å²) in [7, 11) is 0. The maximum Gasteiger partial charge on any atom is 0.416 e. The third-order valence-corrected chi connectivity index (χ3v) is 3.33. The number of imidazole rings is 1. The summed E-state index contributed by atoms with van der Waals surface area (Å²) in [6.07, 6.45) is -3.42. The van der Waals surface area contributed by atoms with Crippen LogP contribution in [0.2, 0.25) is 0 Å². The van der Waals surface area contributed by atoms with E-state index >= 15 is 0 Å². The number of nitrogens with one attached hydrogen (secondary N) is 1. The van der Waals surface area contributed by atoms with Gasteiger partial charge in [-0.1, -0.05) is 0 Å². The summed E-state index contributed by atoms with van der Waals surface area (Å²) in [4.78, 5) is 7.17. The molecule has 0 atom stereocenters. The van der Waals surface area contributed by atoms with E-state index in [-0.39, 0.29) is 12.0 Å². The fourth-order valence-electron chi connectivity index (χ4n) is 2.21. The molecule has 0 saturated heterocycles. The van der Waals surface area contributed by atoms with Gasteiger partial charge in [0, 0.05) is 5.92 Å². The minimum absolute atomic E-state index is 0.127. The number of aliphatic hydroxyl groups excluding tert-OH is 1. The van der Waals surface area contributed by atoms with Gasteiger partial charge in [0.2, 0.25) is 0 Å². The molecule has 1 aliphatic rings. The normalized spacial score (nSPS) is 24.2. The number of hydrogen-bond donors (Lipinski definition) is 2. The minimum Gasteiger partial charge on any atom is -0.393 e. The Morgan fingerprint density at radius 3 is 2.61 bits per heavy atom. The topological polar surface area (TPSA) is 48.9 Å². The van der Waals surface area contributed by atoms with Crippen LogP contribution in [0.3, 0.4) is 0 Å². The van der Waals surface area contributed by atoms with Gasteiger partial charge in [-0.05, 0) is 31.0 Å². The fraction of sp³-hybridized carbons (Fsp3) is 0.417. The number of rotatable bonds is 1. The highest BCUT2D eigenvalue weighted by Crippen LogP contribution is 2.37. The molecule has 3 nitrogen and oxygen atoms in total. The molecule has 1 heterocycles. The van der Waals surface area contributed by atoms with Gasteiger partial charge in [-0.2, -0.15) is 13.2 Å². The summed E-state index contributed by atoms with van der Waals surface area (Å²) in [5.41, 5.74) is 0.236.